The lowest BCUT2D eigenvalue weighted by atomic mass is 10.1. The van der Waals surface area contributed by atoms with E-state index in [0.717, 1.165) is 25.8 Å². The second kappa shape index (κ2) is 5.59. The summed E-state index contributed by atoms with van der Waals surface area (Å²) in [5.41, 5.74) is -0.476. The molecule has 0 spiro atoms. The number of amides is 2. The Morgan fingerprint density at radius 1 is 1.39 bits per heavy atom. The molecule has 1 heterocycles. The number of likely N-dealkylation sites (tertiary alicyclic amines) is 1. The molecular weight excluding hydrogens is 232 g/mol. The molecule has 1 fully saturated rings. The monoisotopic (exact) mass is 256 g/mol. The van der Waals surface area contributed by atoms with Crippen LogP contribution in [0, 0.1) is 0 Å². The van der Waals surface area contributed by atoms with Crippen molar-refractivity contribution in [2.75, 3.05) is 13.1 Å². The molecule has 1 aliphatic heterocycles. The van der Waals surface area contributed by atoms with E-state index in [4.69, 9.17) is 5.11 Å². The second-order valence-electron chi connectivity index (χ2n) is 5.83. The Labute approximate surface area is 109 Å². The van der Waals surface area contributed by atoms with E-state index in [2.05, 4.69) is 6.92 Å². The van der Waals surface area contributed by atoms with E-state index in [1.165, 1.54) is 4.90 Å². The molecule has 18 heavy (non-hydrogen) atoms. The smallest absolute Gasteiger partial charge is 0.323 e. The number of urea groups is 1. The van der Waals surface area contributed by atoms with Crippen molar-refractivity contribution in [2.45, 2.75) is 58.5 Å². The minimum Gasteiger partial charge on any atom is -0.480 e. The molecule has 104 valence electrons. The maximum absolute atomic E-state index is 12.5. The van der Waals surface area contributed by atoms with Crippen LogP contribution in [0.4, 0.5) is 4.79 Å². The van der Waals surface area contributed by atoms with Gasteiger partial charge in [-0.1, -0.05) is 6.92 Å². The van der Waals surface area contributed by atoms with Crippen molar-refractivity contribution in [3.05, 3.63) is 0 Å². The summed E-state index contributed by atoms with van der Waals surface area (Å²) >= 11 is 0. The highest BCUT2D eigenvalue weighted by atomic mass is 16.4. The Kier molecular flexibility index (Phi) is 4.59. The number of nitrogens with zero attached hydrogens (tertiary/aromatic N) is 2. The average Bonchev–Trinajstić information content (AvgIpc) is 2.71. The summed E-state index contributed by atoms with van der Waals surface area (Å²) in [5.74, 6) is -0.967. The molecular formula is C13H24N2O3. The summed E-state index contributed by atoms with van der Waals surface area (Å²) in [6, 6.07) is 0.116. The van der Waals surface area contributed by atoms with Gasteiger partial charge in [-0.3, -0.25) is 4.79 Å². The quantitative estimate of drug-likeness (QED) is 0.841. The summed E-state index contributed by atoms with van der Waals surface area (Å²) in [5, 5.41) is 8.95. The zero-order valence-corrected chi connectivity index (χ0v) is 11.8. The van der Waals surface area contributed by atoms with Crippen LogP contribution in [-0.2, 0) is 4.79 Å². The van der Waals surface area contributed by atoms with Crippen LogP contribution in [0.5, 0.6) is 0 Å². The van der Waals surface area contributed by atoms with Gasteiger partial charge in [0, 0.05) is 18.1 Å². The molecule has 0 aromatic carbocycles. The normalized spacial score (nSPS) is 20.0. The molecule has 1 saturated heterocycles. The maximum atomic E-state index is 12.5. The van der Waals surface area contributed by atoms with Gasteiger partial charge >= 0.3 is 12.0 Å². The van der Waals surface area contributed by atoms with Crippen LogP contribution in [-0.4, -0.2) is 51.6 Å². The highest BCUT2D eigenvalue weighted by Gasteiger charge is 2.36. The first-order valence-electron chi connectivity index (χ1n) is 6.57. The first-order valence-corrected chi connectivity index (χ1v) is 6.57. The summed E-state index contributed by atoms with van der Waals surface area (Å²) in [6.07, 6.45) is 2.96. The van der Waals surface area contributed by atoms with Gasteiger partial charge in [0.25, 0.3) is 0 Å². The molecule has 1 atom stereocenters. The standard InChI is InChI=1S/C13H24N2O3/c1-5-10-7-6-8-14(10)12(18)15(9-11(16)17)13(2,3)4/h10H,5-9H2,1-4H3,(H,16,17). The molecule has 1 unspecified atom stereocenters. The minimum absolute atomic E-state index is 0.144. The van der Waals surface area contributed by atoms with Crippen LogP contribution in [0.25, 0.3) is 0 Å². The number of carbonyl (C=O) groups excluding carboxylic acids is 1. The molecule has 1 rings (SSSR count). The number of rotatable bonds is 3. The van der Waals surface area contributed by atoms with Gasteiger partial charge in [0.1, 0.15) is 6.54 Å². The Hall–Kier alpha value is -1.26. The number of hydrogen-bond donors (Lipinski definition) is 1. The van der Waals surface area contributed by atoms with E-state index >= 15 is 0 Å². The van der Waals surface area contributed by atoms with E-state index in [1.807, 2.05) is 25.7 Å². The van der Waals surface area contributed by atoms with Gasteiger partial charge in [0.15, 0.2) is 0 Å². The van der Waals surface area contributed by atoms with E-state index in [1.54, 1.807) is 0 Å². The molecule has 2 amide bonds. The lowest BCUT2D eigenvalue weighted by Gasteiger charge is -2.38. The van der Waals surface area contributed by atoms with Gasteiger partial charge in [-0.25, -0.2) is 4.79 Å². The summed E-state index contributed by atoms with van der Waals surface area (Å²) in [4.78, 5) is 26.7. The van der Waals surface area contributed by atoms with E-state index in [9.17, 15) is 9.59 Å². The average molecular weight is 256 g/mol. The van der Waals surface area contributed by atoms with Crippen molar-refractivity contribution >= 4 is 12.0 Å². The molecule has 1 N–H and O–H groups in total. The molecule has 0 radical (unpaired) electrons. The highest BCUT2D eigenvalue weighted by molar-refractivity contribution is 5.81. The van der Waals surface area contributed by atoms with Crippen molar-refractivity contribution in [1.29, 1.82) is 0 Å². The predicted octanol–water partition coefficient (Wildman–Crippen LogP) is 2.17. The van der Waals surface area contributed by atoms with Crippen molar-refractivity contribution < 1.29 is 14.7 Å². The van der Waals surface area contributed by atoms with Gasteiger partial charge in [-0.05, 0) is 40.0 Å². The number of carboxylic acid groups (broad SMARTS) is 1. The minimum atomic E-state index is -0.967. The number of carbonyl (C=O) groups is 2. The maximum Gasteiger partial charge on any atom is 0.323 e. The summed E-state index contributed by atoms with van der Waals surface area (Å²) in [6.45, 7) is 8.16. The van der Waals surface area contributed by atoms with Gasteiger partial charge in [-0.15, -0.1) is 0 Å². The third-order valence-electron chi connectivity index (χ3n) is 3.43. The lowest BCUT2D eigenvalue weighted by molar-refractivity contribution is -0.138. The van der Waals surface area contributed by atoms with Crippen LogP contribution in [0.1, 0.15) is 47.0 Å². The van der Waals surface area contributed by atoms with E-state index in [-0.39, 0.29) is 18.6 Å². The Morgan fingerprint density at radius 3 is 2.44 bits per heavy atom. The fourth-order valence-corrected chi connectivity index (χ4v) is 2.39. The Bertz CT molecular complexity index is 323. The van der Waals surface area contributed by atoms with Crippen LogP contribution in [0.15, 0.2) is 0 Å². The van der Waals surface area contributed by atoms with Crippen molar-refractivity contribution in [3.63, 3.8) is 0 Å². The second-order valence-corrected chi connectivity index (χ2v) is 5.83. The fraction of sp³-hybridized carbons (Fsp3) is 0.846. The molecule has 0 aromatic heterocycles. The van der Waals surface area contributed by atoms with Gasteiger partial charge < -0.3 is 14.9 Å². The van der Waals surface area contributed by atoms with Gasteiger partial charge in [-0.2, -0.15) is 0 Å². The van der Waals surface area contributed by atoms with Crippen LogP contribution in [0.2, 0.25) is 0 Å². The van der Waals surface area contributed by atoms with Crippen LogP contribution < -0.4 is 0 Å². The molecule has 5 heteroatoms. The number of carboxylic acids is 1. The number of hydrogen-bond acceptors (Lipinski definition) is 2. The SMILES string of the molecule is CCC1CCCN1C(=O)N(CC(=O)O)C(C)(C)C. The van der Waals surface area contributed by atoms with E-state index < -0.39 is 11.5 Å². The molecule has 0 saturated carbocycles. The zero-order valence-electron chi connectivity index (χ0n) is 11.8. The number of aliphatic carboxylic acids is 1. The van der Waals surface area contributed by atoms with Crippen molar-refractivity contribution in [1.82, 2.24) is 9.80 Å². The molecule has 0 aromatic rings. The largest absolute Gasteiger partial charge is 0.480 e. The third kappa shape index (κ3) is 3.37. The Morgan fingerprint density at radius 2 is 2.00 bits per heavy atom. The Balaban J connectivity index is 2.85. The van der Waals surface area contributed by atoms with E-state index in [0.29, 0.717) is 0 Å². The van der Waals surface area contributed by atoms with Gasteiger partial charge in [0.2, 0.25) is 0 Å². The van der Waals surface area contributed by atoms with Crippen molar-refractivity contribution in [2.24, 2.45) is 0 Å². The molecule has 0 bridgehead atoms. The van der Waals surface area contributed by atoms with Crippen LogP contribution >= 0.6 is 0 Å². The zero-order chi connectivity index (χ0) is 13.9. The lowest BCUT2D eigenvalue weighted by Crippen LogP contribution is -2.54. The first-order chi connectivity index (χ1) is 8.27. The van der Waals surface area contributed by atoms with Gasteiger partial charge in [0.05, 0.1) is 0 Å². The van der Waals surface area contributed by atoms with Crippen molar-refractivity contribution in [3.8, 4) is 0 Å². The molecule has 1 aliphatic rings. The topological polar surface area (TPSA) is 60.9 Å². The highest BCUT2D eigenvalue weighted by Crippen LogP contribution is 2.24. The first kappa shape index (κ1) is 14.8. The predicted molar refractivity (Wildman–Crippen MR) is 69.5 cm³/mol. The fourth-order valence-electron chi connectivity index (χ4n) is 2.39. The van der Waals surface area contributed by atoms with Crippen LogP contribution in [0.3, 0.4) is 0 Å². The molecule has 0 aliphatic carbocycles. The summed E-state index contributed by atoms with van der Waals surface area (Å²) < 4.78 is 0. The molecule has 5 nitrogen and oxygen atoms in total. The third-order valence-corrected chi connectivity index (χ3v) is 3.43. The summed E-state index contributed by atoms with van der Waals surface area (Å²) in [7, 11) is 0.